The summed E-state index contributed by atoms with van der Waals surface area (Å²) in [6, 6.07) is 57.5. The molecule has 0 atom stereocenters. The van der Waals surface area contributed by atoms with Crippen molar-refractivity contribution in [1.82, 2.24) is 9.13 Å². The molecule has 0 saturated carbocycles. The summed E-state index contributed by atoms with van der Waals surface area (Å²) >= 11 is 5.74. The minimum Gasteiger partial charge on any atom is -0.316 e. The van der Waals surface area contributed by atoms with Crippen LogP contribution in [0, 0.1) is 0 Å². The molecule has 0 amide bonds. The number of rotatable bonds is 4. The van der Waals surface area contributed by atoms with E-state index < -0.39 is 0 Å². The summed E-state index contributed by atoms with van der Waals surface area (Å²) in [5.41, 5.74) is 10.8. The number of hydrogen-bond donors (Lipinski definition) is 0. The Hall–Kier alpha value is -5.42. The zero-order valence-electron chi connectivity index (χ0n) is 25.8. The van der Waals surface area contributed by atoms with Crippen LogP contribution in [0.5, 0.6) is 0 Å². The van der Waals surface area contributed by atoms with Crippen molar-refractivity contribution in [2.45, 2.75) is 0 Å². The van der Waals surface area contributed by atoms with E-state index in [0.717, 1.165) is 15.8 Å². The van der Waals surface area contributed by atoms with Crippen LogP contribution in [0.1, 0.15) is 0 Å². The second-order valence-corrected chi connectivity index (χ2v) is 14.4. The van der Waals surface area contributed by atoms with Crippen LogP contribution in [0.15, 0.2) is 168 Å². The van der Waals surface area contributed by atoms with Gasteiger partial charge in [-0.25, -0.2) is 0 Å². The van der Waals surface area contributed by atoms with E-state index in [0.29, 0.717) is 0 Å². The highest BCUT2D eigenvalue weighted by Crippen LogP contribution is 2.42. The minimum absolute atomic E-state index is 1.07. The number of para-hydroxylation sites is 2. The van der Waals surface area contributed by atoms with Crippen LogP contribution in [0.2, 0.25) is 0 Å². The number of nitrogens with zero attached hydrogens (tertiary/aromatic N) is 2. The lowest BCUT2D eigenvalue weighted by molar-refractivity contribution is 1.12. The molecule has 4 heteroatoms. The van der Waals surface area contributed by atoms with Gasteiger partial charge >= 0.3 is 0 Å². The monoisotopic (exact) mass is 694 g/mol. The van der Waals surface area contributed by atoms with Crippen LogP contribution < -0.4 is 0 Å². The maximum atomic E-state index is 3.87. The molecular weight excluding hydrogens is 668 g/mol. The SMILES string of the molecule is Brc1cc(-c2ccc3c(c2)c2ccccc2n3-c2ccc3ccn(-c4ccccc4)c3c2)cc(-c2cccc3sc4ccccc4c23)c1. The van der Waals surface area contributed by atoms with E-state index in [2.05, 4.69) is 189 Å². The molecule has 3 heterocycles. The lowest BCUT2D eigenvalue weighted by Gasteiger charge is -2.12. The highest BCUT2D eigenvalue weighted by atomic mass is 79.9. The van der Waals surface area contributed by atoms with Gasteiger partial charge < -0.3 is 9.13 Å². The fourth-order valence-corrected chi connectivity index (χ4v) is 9.05. The van der Waals surface area contributed by atoms with Crippen LogP contribution in [-0.2, 0) is 0 Å². The maximum absolute atomic E-state index is 3.87. The third kappa shape index (κ3) is 4.30. The number of aromatic nitrogens is 2. The summed E-state index contributed by atoms with van der Waals surface area (Å²) < 4.78 is 8.40. The topological polar surface area (TPSA) is 9.86 Å². The van der Waals surface area contributed by atoms with Gasteiger partial charge in [-0.05, 0) is 101 Å². The van der Waals surface area contributed by atoms with Gasteiger partial charge in [0.1, 0.15) is 0 Å². The van der Waals surface area contributed by atoms with Gasteiger partial charge in [0, 0.05) is 58.4 Å². The second kappa shape index (κ2) is 10.8. The van der Waals surface area contributed by atoms with Crippen molar-refractivity contribution in [3.63, 3.8) is 0 Å². The number of benzene rings is 7. The van der Waals surface area contributed by atoms with Crippen LogP contribution >= 0.6 is 27.3 Å². The van der Waals surface area contributed by atoms with Gasteiger partial charge in [0.25, 0.3) is 0 Å². The Bertz CT molecular complexity index is 2850. The zero-order valence-corrected chi connectivity index (χ0v) is 28.2. The standard InChI is InChI=1S/C44H27BrN2S/c45-32-24-30(23-31(25-32)35-13-8-16-43-44(35)37-12-5-7-15-42(37)48-43)29-18-20-40-38(26-29)36-11-4-6-14-39(36)47(40)34-19-17-28-21-22-46(41(28)27-34)33-9-2-1-3-10-33/h1-27H. The largest absolute Gasteiger partial charge is 0.316 e. The molecule has 10 aromatic rings. The predicted molar refractivity (Wildman–Crippen MR) is 209 cm³/mol. The second-order valence-electron chi connectivity index (χ2n) is 12.4. The highest BCUT2D eigenvalue weighted by molar-refractivity contribution is 9.10. The number of thiophene rings is 1. The number of hydrogen-bond acceptors (Lipinski definition) is 1. The molecule has 10 rings (SSSR count). The highest BCUT2D eigenvalue weighted by Gasteiger charge is 2.16. The van der Waals surface area contributed by atoms with Gasteiger partial charge in [0.05, 0.1) is 16.6 Å². The summed E-state index contributed by atoms with van der Waals surface area (Å²) in [5, 5.41) is 6.36. The quantitative estimate of drug-likeness (QED) is 0.173. The first kappa shape index (κ1) is 27.7. The van der Waals surface area contributed by atoms with E-state index in [1.165, 1.54) is 75.1 Å². The molecule has 0 radical (unpaired) electrons. The number of halogens is 1. The Labute approximate surface area is 289 Å². The van der Waals surface area contributed by atoms with Crippen LogP contribution in [0.25, 0.3) is 86.5 Å². The zero-order chi connectivity index (χ0) is 31.8. The molecule has 0 spiro atoms. The molecule has 0 bridgehead atoms. The third-order valence-corrected chi connectivity index (χ3v) is 11.2. The maximum Gasteiger partial charge on any atom is 0.0549 e. The lowest BCUT2D eigenvalue weighted by atomic mass is 9.95. The Morgan fingerprint density at radius 2 is 1.23 bits per heavy atom. The van der Waals surface area contributed by atoms with Gasteiger partial charge in [-0.3, -0.25) is 0 Å². The fourth-order valence-electron chi connectivity index (χ4n) is 7.43. The molecule has 2 nitrogen and oxygen atoms in total. The molecule has 0 fully saturated rings. The summed E-state index contributed by atoms with van der Waals surface area (Å²) in [5.74, 6) is 0. The summed E-state index contributed by atoms with van der Waals surface area (Å²) in [4.78, 5) is 0. The molecule has 226 valence electrons. The van der Waals surface area contributed by atoms with Crippen molar-refractivity contribution in [2.75, 3.05) is 0 Å². The Morgan fingerprint density at radius 1 is 0.458 bits per heavy atom. The first-order chi connectivity index (χ1) is 23.7. The first-order valence-corrected chi connectivity index (χ1v) is 17.7. The molecule has 0 unspecified atom stereocenters. The molecule has 3 aromatic heterocycles. The molecule has 0 N–H and O–H groups in total. The molecule has 0 aliphatic carbocycles. The van der Waals surface area contributed by atoms with E-state index in [-0.39, 0.29) is 0 Å². The molecule has 0 aliphatic rings. The van der Waals surface area contributed by atoms with Crippen molar-refractivity contribution < 1.29 is 0 Å². The van der Waals surface area contributed by atoms with E-state index in [9.17, 15) is 0 Å². The average molecular weight is 696 g/mol. The van der Waals surface area contributed by atoms with Crippen LogP contribution in [0.4, 0.5) is 0 Å². The molecular formula is C44H27BrN2S. The summed E-state index contributed by atoms with van der Waals surface area (Å²) in [6.07, 6.45) is 2.16. The average Bonchev–Trinajstić information content (AvgIpc) is 3.83. The molecule has 48 heavy (non-hydrogen) atoms. The van der Waals surface area contributed by atoms with Gasteiger partial charge in [-0.2, -0.15) is 0 Å². The molecule has 0 saturated heterocycles. The van der Waals surface area contributed by atoms with Crippen molar-refractivity contribution in [1.29, 1.82) is 0 Å². The van der Waals surface area contributed by atoms with E-state index in [4.69, 9.17) is 0 Å². The number of fused-ring (bicyclic) bond motifs is 7. The van der Waals surface area contributed by atoms with E-state index in [1.807, 2.05) is 11.3 Å². The van der Waals surface area contributed by atoms with E-state index >= 15 is 0 Å². The Morgan fingerprint density at radius 3 is 2.15 bits per heavy atom. The van der Waals surface area contributed by atoms with Gasteiger partial charge in [-0.15, -0.1) is 11.3 Å². The van der Waals surface area contributed by atoms with Gasteiger partial charge in [0.15, 0.2) is 0 Å². The van der Waals surface area contributed by atoms with Crippen LogP contribution in [0.3, 0.4) is 0 Å². The van der Waals surface area contributed by atoms with Crippen molar-refractivity contribution >= 4 is 80.1 Å². The van der Waals surface area contributed by atoms with Gasteiger partial charge in [0.2, 0.25) is 0 Å². The fraction of sp³-hybridized carbons (Fsp3) is 0. The third-order valence-electron chi connectivity index (χ3n) is 9.59. The minimum atomic E-state index is 1.07. The van der Waals surface area contributed by atoms with Crippen molar-refractivity contribution in [3.05, 3.63) is 168 Å². The van der Waals surface area contributed by atoms with Crippen LogP contribution in [-0.4, -0.2) is 9.13 Å². The summed E-state index contributed by atoms with van der Waals surface area (Å²) in [6.45, 7) is 0. The molecule has 0 aliphatic heterocycles. The van der Waals surface area contributed by atoms with Crippen molar-refractivity contribution in [2.24, 2.45) is 0 Å². The Balaban J connectivity index is 1.14. The summed E-state index contributed by atoms with van der Waals surface area (Å²) in [7, 11) is 0. The van der Waals surface area contributed by atoms with Gasteiger partial charge in [-0.1, -0.05) is 94.8 Å². The van der Waals surface area contributed by atoms with E-state index in [1.54, 1.807) is 0 Å². The predicted octanol–water partition coefficient (Wildman–Crippen LogP) is 13.2. The lowest BCUT2D eigenvalue weighted by Crippen LogP contribution is -1.96. The first-order valence-electron chi connectivity index (χ1n) is 16.1. The Kier molecular flexibility index (Phi) is 6.23. The molecule has 7 aromatic carbocycles. The smallest absolute Gasteiger partial charge is 0.0549 e. The van der Waals surface area contributed by atoms with Crippen molar-refractivity contribution in [3.8, 4) is 33.6 Å². The normalized spacial score (nSPS) is 11.9.